The van der Waals surface area contributed by atoms with E-state index in [9.17, 15) is 5.11 Å². The minimum Gasteiger partial charge on any atom is -0.385 e. The minimum atomic E-state index is -0.911. The number of methoxy groups -OCH3 is 1. The second kappa shape index (κ2) is 8.08. The normalized spacial score (nSPS) is 22.0. The first-order valence-electron chi connectivity index (χ1n) is 7.71. The van der Waals surface area contributed by atoms with Crippen molar-refractivity contribution in [2.24, 2.45) is 5.92 Å². The number of aliphatic hydroxyl groups is 1. The maximum Gasteiger partial charge on any atom is 0.111 e. The van der Waals surface area contributed by atoms with Gasteiger partial charge in [-0.3, -0.25) is 4.98 Å². The first kappa shape index (κ1) is 16.7. The van der Waals surface area contributed by atoms with E-state index in [4.69, 9.17) is 16.3 Å². The number of halogens is 1. The van der Waals surface area contributed by atoms with E-state index in [0.29, 0.717) is 17.1 Å². The van der Waals surface area contributed by atoms with Crippen LogP contribution < -0.4 is 5.32 Å². The van der Waals surface area contributed by atoms with Crippen molar-refractivity contribution < 1.29 is 9.84 Å². The lowest BCUT2D eigenvalue weighted by atomic mass is 9.76. The van der Waals surface area contributed by atoms with E-state index in [-0.39, 0.29) is 5.92 Å². The highest BCUT2D eigenvalue weighted by molar-refractivity contribution is 6.30. The lowest BCUT2D eigenvalue weighted by Gasteiger charge is -2.38. The quantitative estimate of drug-likeness (QED) is 0.760. The number of pyridine rings is 1. The molecule has 0 spiro atoms. The van der Waals surface area contributed by atoms with Crippen LogP contribution in [0.15, 0.2) is 18.3 Å². The van der Waals surface area contributed by atoms with Crippen LogP contribution in [0.1, 0.15) is 37.8 Å². The third-order valence-corrected chi connectivity index (χ3v) is 4.53. The van der Waals surface area contributed by atoms with Crippen molar-refractivity contribution in [3.63, 3.8) is 0 Å². The molecule has 1 aliphatic heterocycles. The van der Waals surface area contributed by atoms with Gasteiger partial charge >= 0.3 is 0 Å². The number of hydrogen-bond acceptors (Lipinski definition) is 4. The zero-order valence-electron chi connectivity index (χ0n) is 12.6. The number of nitrogens with one attached hydrogen (secondary N) is 1. The molecule has 2 N–H and O–H groups in total. The lowest BCUT2D eigenvalue weighted by Crippen LogP contribution is -2.44. The molecule has 2 atom stereocenters. The van der Waals surface area contributed by atoms with Gasteiger partial charge in [0.15, 0.2) is 0 Å². The molecule has 0 radical (unpaired) electrons. The van der Waals surface area contributed by atoms with Crippen LogP contribution in [0, 0.1) is 5.92 Å². The molecular weight excluding hydrogens is 288 g/mol. The van der Waals surface area contributed by atoms with Gasteiger partial charge in [-0.05, 0) is 50.8 Å². The Morgan fingerprint density at radius 3 is 3.05 bits per heavy atom. The van der Waals surface area contributed by atoms with Crippen LogP contribution in [-0.2, 0) is 10.3 Å². The number of aromatic nitrogens is 1. The molecule has 1 aromatic heterocycles. The van der Waals surface area contributed by atoms with Gasteiger partial charge in [-0.15, -0.1) is 0 Å². The molecule has 118 valence electrons. The first-order chi connectivity index (χ1) is 10.2. The molecule has 0 saturated carbocycles. The van der Waals surface area contributed by atoms with E-state index in [0.717, 1.165) is 45.4 Å². The van der Waals surface area contributed by atoms with Crippen LogP contribution in [0.2, 0.25) is 5.02 Å². The lowest BCUT2D eigenvalue weighted by molar-refractivity contribution is -0.0469. The van der Waals surface area contributed by atoms with Gasteiger partial charge < -0.3 is 15.2 Å². The maximum absolute atomic E-state index is 11.3. The van der Waals surface area contributed by atoms with Gasteiger partial charge in [0.25, 0.3) is 0 Å². The molecule has 0 aliphatic carbocycles. The summed E-state index contributed by atoms with van der Waals surface area (Å²) in [5.74, 6) is 0.180. The van der Waals surface area contributed by atoms with Crippen molar-refractivity contribution in [2.45, 2.75) is 37.7 Å². The standard InChI is InChI=1S/C16H25ClN2O2/c1-21-10-3-2-7-16(20,13-5-4-8-18-12-13)15-11-14(17)6-9-19-15/h6,9,11,13,18,20H,2-5,7-8,10,12H2,1H3. The Hall–Kier alpha value is -0.680. The van der Waals surface area contributed by atoms with Crippen LogP contribution in [0.3, 0.4) is 0 Å². The molecule has 2 unspecified atom stereocenters. The van der Waals surface area contributed by atoms with Gasteiger partial charge in [-0.1, -0.05) is 11.6 Å². The van der Waals surface area contributed by atoms with Crippen LogP contribution in [0.25, 0.3) is 0 Å². The summed E-state index contributed by atoms with van der Waals surface area (Å²) in [6.07, 6.45) is 6.33. The Labute approximate surface area is 131 Å². The molecule has 2 rings (SSSR count). The predicted molar refractivity (Wildman–Crippen MR) is 84.5 cm³/mol. The van der Waals surface area contributed by atoms with Gasteiger partial charge in [0.2, 0.25) is 0 Å². The Morgan fingerprint density at radius 2 is 2.38 bits per heavy atom. The van der Waals surface area contributed by atoms with Crippen molar-refractivity contribution >= 4 is 11.6 Å². The Kier molecular flexibility index (Phi) is 6.42. The molecule has 1 aromatic rings. The average Bonchev–Trinajstić information content (AvgIpc) is 2.52. The predicted octanol–water partition coefficient (Wildman–Crippen LogP) is 2.74. The topological polar surface area (TPSA) is 54.4 Å². The van der Waals surface area contributed by atoms with Crippen molar-refractivity contribution in [3.05, 3.63) is 29.0 Å². The summed E-state index contributed by atoms with van der Waals surface area (Å²) in [6, 6.07) is 3.54. The Morgan fingerprint density at radius 1 is 1.52 bits per heavy atom. The highest BCUT2D eigenvalue weighted by Gasteiger charge is 2.39. The molecule has 1 saturated heterocycles. The number of rotatable bonds is 7. The van der Waals surface area contributed by atoms with Crippen LogP contribution in [0.5, 0.6) is 0 Å². The third-order valence-electron chi connectivity index (χ3n) is 4.29. The highest BCUT2D eigenvalue weighted by Crippen LogP contribution is 2.37. The Bertz CT molecular complexity index is 438. The molecule has 0 amide bonds. The summed E-state index contributed by atoms with van der Waals surface area (Å²) in [7, 11) is 1.70. The largest absolute Gasteiger partial charge is 0.385 e. The molecule has 4 nitrogen and oxygen atoms in total. The van der Waals surface area contributed by atoms with E-state index in [1.165, 1.54) is 0 Å². The molecule has 21 heavy (non-hydrogen) atoms. The minimum absolute atomic E-state index is 0.180. The summed E-state index contributed by atoms with van der Waals surface area (Å²) < 4.78 is 5.10. The summed E-state index contributed by atoms with van der Waals surface area (Å²) in [4.78, 5) is 4.39. The summed E-state index contributed by atoms with van der Waals surface area (Å²) in [5.41, 5.74) is -0.215. The fourth-order valence-electron chi connectivity index (χ4n) is 3.08. The molecule has 0 aromatic carbocycles. The zero-order valence-corrected chi connectivity index (χ0v) is 13.4. The summed E-state index contributed by atoms with van der Waals surface area (Å²) in [6.45, 7) is 2.58. The molecule has 1 fully saturated rings. The van der Waals surface area contributed by atoms with Crippen molar-refractivity contribution in [2.75, 3.05) is 26.8 Å². The average molecular weight is 313 g/mol. The molecule has 2 heterocycles. The Balaban J connectivity index is 2.15. The second-order valence-corrected chi connectivity index (χ2v) is 6.21. The van der Waals surface area contributed by atoms with Gasteiger partial charge in [0.05, 0.1) is 5.69 Å². The van der Waals surface area contributed by atoms with Crippen LogP contribution >= 0.6 is 11.6 Å². The van der Waals surface area contributed by atoms with E-state index in [1.807, 2.05) is 0 Å². The fourth-order valence-corrected chi connectivity index (χ4v) is 3.24. The van der Waals surface area contributed by atoms with Crippen molar-refractivity contribution in [1.82, 2.24) is 10.3 Å². The third kappa shape index (κ3) is 4.39. The van der Waals surface area contributed by atoms with Gasteiger partial charge in [-0.2, -0.15) is 0 Å². The molecule has 1 aliphatic rings. The first-order valence-corrected chi connectivity index (χ1v) is 8.08. The molecule has 0 bridgehead atoms. The number of unbranched alkanes of at least 4 members (excludes halogenated alkanes) is 1. The smallest absolute Gasteiger partial charge is 0.111 e. The fraction of sp³-hybridized carbons (Fsp3) is 0.688. The number of ether oxygens (including phenoxy) is 1. The zero-order chi connectivity index (χ0) is 15.1. The van der Waals surface area contributed by atoms with E-state index in [2.05, 4.69) is 10.3 Å². The maximum atomic E-state index is 11.3. The van der Waals surface area contributed by atoms with E-state index >= 15 is 0 Å². The van der Waals surface area contributed by atoms with E-state index < -0.39 is 5.60 Å². The van der Waals surface area contributed by atoms with Gasteiger partial charge in [0.1, 0.15) is 5.60 Å². The summed E-state index contributed by atoms with van der Waals surface area (Å²) in [5, 5.41) is 15.3. The molecular formula is C16H25ClN2O2. The van der Waals surface area contributed by atoms with Gasteiger partial charge in [0, 0.05) is 37.4 Å². The summed E-state index contributed by atoms with van der Waals surface area (Å²) >= 11 is 6.09. The monoisotopic (exact) mass is 312 g/mol. The van der Waals surface area contributed by atoms with Gasteiger partial charge in [-0.25, -0.2) is 0 Å². The van der Waals surface area contributed by atoms with Crippen molar-refractivity contribution in [3.8, 4) is 0 Å². The highest BCUT2D eigenvalue weighted by atomic mass is 35.5. The number of piperidine rings is 1. The van der Waals surface area contributed by atoms with Crippen LogP contribution in [0.4, 0.5) is 0 Å². The van der Waals surface area contributed by atoms with E-state index in [1.54, 1.807) is 25.4 Å². The number of nitrogens with zero attached hydrogens (tertiary/aromatic N) is 1. The second-order valence-electron chi connectivity index (χ2n) is 5.78. The number of hydrogen-bond donors (Lipinski definition) is 2. The molecule has 5 heteroatoms. The SMILES string of the molecule is COCCCCC(O)(c1cc(Cl)ccn1)C1CCCNC1. The van der Waals surface area contributed by atoms with Crippen LogP contribution in [-0.4, -0.2) is 36.9 Å². The van der Waals surface area contributed by atoms with Crippen molar-refractivity contribution in [1.29, 1.82) is 0 Å².